The van der Waals surface area contributed by atoms with E-state index in [0.29, 0.717) is 0 Å². The van der Waals surface area contributed by atoms with Gasteiger partial charge in [-0.25, -0.2) is 9.90 Å². The molecule has 5 heteroatoms. The average molecular weight is 222 g/mol. The standard InChI is InChI=1S/C11H12NO4/c13-7-10(14)12-9(11(15)16)6-8-4-2-1-3-5-8/h1-5,9H,6-7H2,(H,12,14)(H,15,16). The summed E-state index contributed by atoms with van der Waals surface area (Å²) < 4.78 is 0. The van der Waals surface area contributed by atoms with Crippen LogP contribution in [0.5, 0.6) is 0 Å². The Morgan fingerprint density at radius 1 is 1.25 bits per heavy atom. The second-order valence-corrected chi connectivity index (χ2v) is 3.29. The summed E-state index contributed by atoms with van der Waals surface area (Å²) in [5, 5.41) is 21.3. The van der Waals surface area contributed by atoms with E-state index in [9.17, 15) is 14.7 Å². The van der Waals surface area contributed by atoms with Gasteiger partial charge in [-0.2, -0.15) is 0 Å². The Bertz CT molecular complexity index is 364. The van der Waals surface area contributed by atoms with Gasteiger partial charge in [0.2, 0.25) is 5.91 Å². The van der Waals surface area contributed by atoms with Crippen LogP contribution in [0.2, 0.25) is 0 Å². The fourth-order valence-electron chi connectivity index (χ4n) is 1.29. The topological polar surface area (TPSA) is 86.3 Å². The van der Waals surface area contributed by atoms with E-state index in [1.54, 1.807) is 24.3 Å². The predicted molar refractivity (Wildman–Crippen MR) is 55.3 cm³/mol. The van der Waals surface area contributed by atoms with Crippen LogP contribution in [0.4, 0.5) is 0 Å². The van der Waals surface area contributed by atoms with Crippen LogP contribution in [0.1, 0.15) is 5.56 Å². The van der Waals surface area contributed by atoms with E-state index in [-0.39, 0.29) is 6.42 Å². The summed E-state index contributed by atoms with van der Waals surface area (Å²) in [7, 11) is 0. The summed E-state index contributed by atoms with van der Waals surface area (Å²) in [6.45, 7) is -0.960. The van der Waals surface area contributed by atoms with Crippen molar-refractivity contribution in [1.29, 1.82) is 0 Å². The van der Waals surface area contributed by atoms with Gasteiger partial charge in [-0.05, 0) is 5.56 Å². The Balaban J connectivity index is 2.65. The zero-order valence-electron chi connectivity index (χ0n) is 8.55. The molecule has 1 atom stereocenters. The molecule has 0 saturated heterocycles. The van der Waals surface area contributed by atoms with E-state index in [4.69, 9.17) is 5.11 Å². The quantitative estimate of drug-likeness (QED) is 0.747. The highest BCUT2D eigenvalue weighted by molar-refractivity contribution is 5.84. The molecule has 1 rings (SSSR count). The smallest absolute Gasteiger partial charge is 0.326 e. The van der Waals surface area contributed by atoms with Crippen LogP contribution in [0.25, 0.3) is 0 Å². The van der Waals surface area contributed by atoms with Crippen LogP contribution in [0, 0.1) is 0 Å². The van der Waals surface area contributed by atoms with Crippen LogP contribution in [-0.4, -0.2) is 29.6 Å². The van der Waals surface area contributed by atoms with Crippen molar-refractivity contribution in [2.75, 3.05) is 6.61 Å². The van der Waals surface area contributed by atoms with E-state index in [1.807, 2.05) is 6.07 Å². The van der Waals surface area contributed by atoms with Crippen LogP contribution >= 0.6 is 0 Å². The van der Waals surface area contributed by atoms with Gasteiger partial charge in [0.15, 0.2) is 6.61 Å². The first-order chi connectivity index (χ1) is 7.63. The van der Waals surface area contributed by atoms with Crippen molar-refractivity contribution >= 4 is 11.9 Å². The van der Waals surface area contributed by atoms with Gasteiger partial charge in [-0.1, -0.05) is 30.3 Å². The van der Waals surface area contributed by atoms with Crippen LogP contribution < -0.4 is 5.32 Å². The minimum absolute atomic E-state index is 0.169. The first-order valence-corrected chi connectivity index (χ1v) is 4.77. The molecule has 0 aliphatic rings. The summed E-state index contributed by atoms with van der Waals surface area (Å²) in [6, 6.07) is 7.85. The molecule has 0 heterocycles. The molecule has 0 saturated carbocycles. The molecule has 1 radical (unpaired) electrons. The van der Waals surface area contributed by atoms with Gasteiger partial charge < -0.3 is 10.4 Å². The maximum absolute atomic E-state index is 10.8. The molecule has 1 unspecified atom stereocenters. The largest absolute Gasteiger partial charge is 0.480 e. The third-order valence-electron chi connectivity index (χ3n) is 2.05. The maximum atomic E-state index is 10.8. The lowest BCUT2D eigenvalue weighted by molar-refractivity contribution is -0.142. The van der Waals surface area contributed by atoms with E-state index >= 15 is 0 Å². The highest BCUT2D eigenvalue weighted by atomic mass is 16.4. The third kappa shape index (κ3) is 3.70. The minimum atomic E-state index is -1.15. The monoisotopic (exact) mass is 222 g/mol. The summed E-state index contributed by atoms with van der Waals surface area (Å²) in [5.74, 6) is -1.95. The molecule has 1 amide bonds. The summed E-state index contributed by atoms with van der Waals surface area (Å²) in [4.78, 5) is 21.7. The molecular weight excluding hydrogens is 210 g/mol. The molecule has 85 valence electrons. The molecule has 0 aliphatic carbocycles. The Kier molecular flexibility index (Phi) is 4.47. The molecular formula is C11H12NO4. The number of carbonyl (C=O) groups is 2. The van der Waals surface area contributed by atoms with Crippen molar-refractivity contribution in [2.24, 2.45) is 0 Å². The molecule has 0 spiro atoms. The van der Waals surface area contributed by atoms with Gasteiger partial charge in [0.25, 0.3) is 0 Å². The van der Waals surface area contributed by atoms with E-state index in [0.717, 1.165) is 5.56 Å². The Hall–Kier alpha value is -1.88. The first-order valence-electron chi connectivity index (χ1n) is 4.77. The zero-order chi connectivity index (χ0) is 12.0. The van der Waals surface area contributed by atoms with Crippen molar-refractivity contribution in [2.45, 2.75) is 12.5 Å². The number of nitrogens with one attached hydrogen (secondary N) is 1. The molecule has 1 aromatic rings. The first kappa shape index (κ1) is 12.2. The normalized spacial score (nSPS) is 11.8. The summed E-state index contributed by atoms with van der Waals surface area (Å²) >= 11 is 0. The number of rotatable bonds is 5. The van der Waals surface area contributed by atoms with Crippen LogP contribution in [0.3, 0.4) is 0 Å². The van der Waals surface area contributed by atoms with Gasteiger partial charge >= 0.3 is 5.97 Å². The predicted octanol–water partition coefficient (Wildman–Crippen LogP) is 0.229. The van der Waals surface area contributed by atoms with Crippen molar-refractivity contribution in [3.8, 4) is 0 Å². The van der Waals surface area contributed by atoms with Crippen molar-refractivity contribution in [1.82, 2.24) is 5.32 Å². The van der Waals surface area contributed by atoms with E-state index in [2.05, 4.69) is 5.32 Å². The van der Waals surface area contributed by atoms with Gasteiger partial charge in [-0.15, -0.1) is 0 Å². The second kappa shape index (κ2) is 5.87. The molecule has 1 aromatic carbocycles. The fourth-order valence-corrected chi connectivity index (χ4v) is 1.29. The third-order valence-corrected chi connectivity index (χ3v) is 2.05. The van der Waals surface area contributed by atoms with E-state index in [1.165, 1.54) is 0 Å². The van der Waals surface area contributed by atoms with Crippen LogP contribution in [-0.2, 0) is 21.1 Å². The minimum Gasteiger partial charge on any atom is -0.480 e. The lowest BCUT2D eigenvalue weighted by Gasteiger charge is -2.13. The van der Waals surface area contributed by atoms with E-state index < -0.39 is 24.5 Å². The van der Waals surface area contributed by atoms with Crippen molar-refractivity contribution in [3.63, 3.8) is 0 Å². The number of amides is 1. The number of carbonyl (C=O) groups excluding carboxylic acids is 1. The zero-order valence-corrected chi connectivity index (χ0v) is 8.55. The molecule has 5 nitrogen and oxygen atoms in total. The number of carboxylic acid groups (broad SMARTS) is 1. The molecule has 0 bridgehead atoms. The number of hydrogen-bond acceptors (Lipinski definition) is 2. The molecule has 16 heavy (non-hydrogen) atoms. The molecule has 0 fully saturated rings. The highest BCUT2D eigenvalue weighted by Crippen LogP contribution is 2.03. The number of benzene rings is 1. The van der Waals surface area contributed by atoms with Crippen molar-refractivity contribution in [3.05, 3.63) is 35.9 Å². The SMILES string of the molecule is [O]CC(=O)NC(Cc1ccccc1)C(=O)O. The van der Waals surface area contributed by atoms with Crippen molar-refractivity contribution < 1.29 is 19.8 Å². The Morgan fingerprint density at radius 3 is 2.38 bits per heavy atom. The Morgan fingerprint density at radius 2 is 1.88 bits per heavy atom. The van der Waals surface area contributed by atoms with Gasteiger partial charge in [-0.3, -0.25) is 4.79 Å². The number of hydrogen-bond donors (Lipinski definition) is 2. The lowest BCUT2D eigenvalue weighted by Crippen LogP contribution is -2.43. The number of aliphatic carboxylic acids is 1. The maximum Gasteiger partial charge on any atom is 0.326 e. The van der Waals surface area contributed by atoms with Gasteiger partial charge in [0.05, 0.1) is 0 Å². The van der Waals surface area contributed by atoms with Crippen LogP contribution in [0.15, 0.2) is 30.3 Å². The number of carboxylic acids is 1. The summed E-state index contributed by atoms with van der Waals surface area (Å²) in [6.07, 6.45) is 0.169. The lowest BCUT2D eigenvalue weighted by atomic mass is 10.1. The fraction of sp³-hybridized carbons (Fsp3) is 0.273. The van der Waals surface area contributed by atoms with Gasteiger partial charge in [0, 0.05) is 6.42 Å². The summed E-state index contributed by atoms with van der Waals surface area (Å²) in [5.41, 5.74) is 0.793. The Labute approximate surface area is 92.7 Å². The highest BCUT2D eigenvalue weighted by Gasteiger charge is 2.19. The average Bonchev–Trinajstić information content (AvgIpc) is 2.29. The molecule has 2 N–H and O–H groups in total. The molecule has 0 aliphatic heterocycles. The molecule has 0 aromatic heterocycles. The second-order valence-electron chi connectivity index (χ2n) is 3.29. The van der Waals surface area contributed by atoms with Gasteiger partial charge in [0.1, 0.15) is 6.04 Å².